The highest BCUT2D eigenvalue weighted by Crippen LogP contribution is 2.27. The molecule has 0 bridgehead atoms. The predicted molar refractivity (Wildman–Crippen MR) is 124 cm³/mol. The molecule has 2 aromatic heterocycles. The predicted octanol–water partition coefficient (Wildman–Crippen LogP) is 3.32. The summed E-state index contributed by atoms with van der Waals surface area (Å²) in [5.41, 5.74) is 3.92. The monoisotopic (exact) mass is 436 g/mol. The lowest BCUT2D eigenvalue weighted by Gasteiger charge is -2.34. The molecule has 1 aliphatic heterocycles. The number of carbonyl (C=O) groups excluding carboxylic acids is 1. The number of nitrogens with one attached hydrogen (secondary N) is 1. The number of aryl methyl sites for hydroxylation is 2. The highest BCUT2D eigenvalue weighted by molar-refractivity contribution is 5.79. The van der Waals surface area contributed by atoms with Crippen molar-refractivity contribution in [1.82, 2.24) is 29.9 Å². The highest BCUT2D eigenvalue weighted by Gasteiger charge is 2.29. The normalized spacial score (nSPS) is 16.8. The summed E-state index contributed by atoms with van der Waals surface area (Å²) in [7, 11) is 0. The van der Waals surface area contributed by atoms with E-state index in [9.17, 15) is 9.59 Å². The molecule has 0 aliphatic carbocycles. The molecule has 1 aromatic carbocycles. The number of benzene rings is 1. The Hall–Kier alpha value is -3.03. The van der Waals surface area contributed by atoms with E-state index in [0.717, 1.165) is 43.4 Å². The van der Waals surface area contributed by atoms with Crippen LogP contribution in [-0.4, -0.2) is 48.9 Å². The summed E-state index contributed by atoms with van der Waals surface area (Å²) in [6.07, 6.45) is 3.49. The highest BCUT2D eigenvalue weighted by atomic mass is 16.2. The summed E-state index contributed by atoms with van der Waals surface area (Å²) in [5.74, 6) is 0.897. The summed E-state index contributed by atoms with van der Waals surface area (Å²) in [5, 5.41) is 8.30. The van der Waals surface area contributed by atoms with Crippen LogP contribution < -0.4 is 5.56 Å². The second kappa shape index (κ2) is 9.22. The number of aromatic nitrogens is 5. The molecule has 170 valence electrons. The van der Waals surface area contributed by atoms with Gasteiger partial charge >= 0.3 is 0 Å². The van der Waals surface area contributed by atoms with E-state index >= 15 is 0 Å². The lowest BCUT2D eigenvalue weighted by atomic mass is 9.94. The Bertz CT molecular complexity index is 1180. The van der Waals surface area contributed by atoms with Gasteiger partial charge in [-0.25, -0.2) is 9.67 Å². The fourth-order valence-corrected chi connectivity index (χ4v) is 4.61. The van der Waals surface area contributed by atoms with Gasteiger partial charge in [0.15, 0.2) is 11.2 Å². The lowest BCUT2D eigenvalue weighted by Crippen LogP contribution is -2.42. The molecule has 1 atom stereocenters. The van der Waals surface area contributed by atoms with Crippen molar-refractivity contribution >= 4 is 17.1 Å². The first-order chi connectivity index (χ1) is 15.4. The molecule has 3 heterocycles. The molecule has 1 fully saturated rings. The topological polar surface area (TPSA) is 96.8 Å². The molecule has 1 amide bonds. The lowest BCUT2D eigenvalue weighted by molar-refractivity contribution is -0.137. The first kappa shape index (κ1) is 22.2. The number of amides is 1. The van der Waals surface area contributed by atoms with E-state index in [4.69, 9.17) is 4.98 Å². The molecule has 0 spiro atoms. The molecule has 1 saturated heterocycles. The summed E-state index contributed by atoms with van der Waals surface area (Å²) in [6.45, 7) is 10.1. The Labute approximate surface area is 188 Å². The van der Waals surface area contributed by atoms with Crippen molar-refractivity contribution in [3.63, 3.8) is 0 Å². The van der Waals surface area contributed by atoms with Crippen molar-refractivity contribution < 1.29 is 4.79 Å². The number of hydrogen-bond acceptors (Lipinski definition) is 5. The largest absolute Gasteiger partial charge is 0.342 e. The van der Waals surface area contributed by atoms with Gasteiger partial charge in [-0.15, -0.1) is 5.10 Å². The maximum absolute atomic E-state index is 12.9. The van der Waals surface area contributed by atoms with Crippen LogP contribution in [-0.2, 0) is 11.3 Å². The van der Waals surface area contributed by atoms with E-state index in [-0.39, 0.29) is 28.8 Å². The van der Waals surface area contributed by atoms with Crippen molar-refractivity contribution in [2.75, 3.05) is 13.1 Å². The maximum atomic E-state index is 12.9. The van der Waals surface area contributed by atoms with Crippen molar-refractivity contribution in [2.45, 2.75) is 65.8 Å². The first-order valence-electron chi connectivity index (χ1n) is 11.6. The number of hydrogen-bond donors (Lipinski definition) is 1. The van der Waals surface area contributed by atoms with Crippen molar-refractivity contribution in [1.29, 1.82) is 0 Å². The van der Waals surface area contributed by atoms with Crippen LogP contribution in [0.4, 0.5) is 0 Å². The molecule has 32 heavy (non-hydrogen) atoms. The Kier molecular flexibility index (Phi) is 6.39. The number of fused-ring (bicyclic) bond motifs is 1. The van der Waals surface area contributed by atoms with Crippen molar-refractivity contribution in [3.8, 4) is 0 Å². The van der Waals surface area contributed by atoms with Crippen LogP contribution in [0.25, 0.3) is 11.2 Å². The number of nitrogens with zero attached hydrogens (tertiary/aromatic N) is 5. The zero-order valence-corrected chi connectivity index (χ0v) is 19.4. The SMILES string of the molecule is CCC(CC)C(=O)N1CCCC(c2nc3c(nnn3Cc3cc(C)ccc3C)c(=O)[nH]2)C1. The van der Waals surface area contributed by atoms with Gasteiger partial charge in [0.2, 0.25) is 5.91 Å². The third kappa shape index (κ3) is 4.31. The average molecular weight is 437 g/mol. The van der Waals surface area contributed by atoms with Crippen LogP contribution in [0.5, 0.6) is 0 Å². The molecular weight excluding hydrogens is 404 g/mol. The quantitative estimate of drug-likeness (QED) is 0.639. The molecular formula is C24H32N6O2. The van der Waals surface area contributed by atoms with Crippen LogP contribution in [0.2, 0.25) is 0 Å². The summed E-state index contributed by atoms with van der Waals surface area (Å²) < 4.78 is 1.70. The van der Waals surface area contributed by atoms with Gasteiger partial charge in [-0.2, -0.15) is 0 Å². The third-order valence-electron chi connectivity index (χ3n) is 6.67. The van der Waals surface area contributed by atoms with Gasteiger partial charge in [0.25, 0.3) is 5.56 Å². The van der Waals surface area contributed by atoms with Gasteiger partial charge in [0, 0.05) is 24.9 Å². The van der Waals surface area contributed by atoms with Crippen LogP contribution in [0.1, 0.15) is 68.0 Å². The minimum Gasteiger partial charge on any atom is -0.342 e. The van der Waals surface area contributed by atoms with Crippen LogP contribution in [0.3, 0.4) is 0 Å². The number of rotatable bonds is 6. The van der Waals surface area contributed by atoms with Gasteiger partial charge in [-0.1, -0.05) is 42.8 Å². The molecule has 3 aromatic rings. The zero-order valence-electron chi connectivity index (χ0n) is 19.4. The van der Waals surface area contributed by atoms with Crippen molar-refractivity contribution in [3.05, 3.63) is 51.1 Å². The van der Waals surface area contributed by atoms with Crippen LogP contribution in [0.15, 0.2) is 23.0 Å². The molecule has 1 aliphatic rings. The number of H-pyrrole nitrogens is 1. The fourth-order valence-electron chi connectivity index (χ4n) is 4.61. The van der Waals surface area contributed by atoms with Gasteiger partial charge in [0.05, 0.1) is 6.54 Å². The molecule has 0 saturated carbocycles. The number of piperidine rings is 1. The summed E-state index contributed by atoms with van der Waals surface area (Å²) in [4.78, 5) is 35.3. The van der Waals surface area contributed by atoms with E-state index < -0.39 is 0 Å². The van der Waals surface area contributed by atoms with Gasteiger partial charge < -0.3 is 9.88 Å². The third-order valence-corrected chi connectivity index (χ3v) is 6.67. The molecule has 4 rings (SSSR count). The zero-order chi connectivity index (χ0) is 22.8. The summed E-state index contributed by atoms with van der Waals surface area (Å²) >= 11 is 0. The number of aromatic amines is 1. The van der Waals surface area contributed by atoms with E-state index in [0.29, 0.717) is 24.6 Å². The smallest absolute Gasteiger partial charge is 0.281 e. The van der Waals surface area contributed by atoms with Gasteiger partial charge in [-0.3, -0.25) is 9.59 Å². The van der Waals surface area contributed by atoms with Crippen molar-refractivity contribution in [2.24, 2.45) is 5.92 Å². The number of carbonyl (C=O) groups is 1. The van der Waals surface area contributed by atoms with Crippen LogP contribution >= 0.6 is 0 Å². The van der Waals surface area contributed by atoms with E-state index in [2.05, 4.69) is 61.2 Å². The molecule has 1 N–H and O–H groups in total. The maximum Gasteiger partial charge on any atom is 0.281 e. The van der Waals surface area contributed by atoms with E-state index in [1.165, 1.54) is 5.56 Å². The van der Waals surface area contributed by atoms with Crippen LogP contribution in [0, 0.1) is 19.8 Å². The standard InChI is InChI=1S/C24H32N6O2/c1-5-17(6-2)24(32)29-11-7-8-18(13-29)21-25-22-20(23(31)26-21)27-28-30(22)14-19-12-15(3)9-10-16(19)4/h9-10,12,17-18H,5-8,11,13-14H2,1-4H3,(H,25,26,31). The Balaban J connectivity index is 1.64. The second-order valence-electron chi connectivity index (χ2n) is 8.94. The van der Waals surface area contributed by atoms with Gasteiger partial charge in [0.1, 0.15) is 5.82 Å². The second-order valence-corrected chi connectivity index (χ2v) is 8.94. The molecule has 0 radical (unpaired) electrons. The van der Waals surface area contributed by atoms with E-state index in [1.54, 1.807) is 4.68 Å². The molecule has 8 heteroatoms. The summed E-state index contributed by atoms with van der Waals surface area (Å²) in [6, 6.07) is 6.29. The first-order valence-corrected chi connectivity index (χ1v) is 11.6. The Morgan fingerprint density at radius 3 is 2.78 bits per heavy atom. The molecule has 8 nitrogen and oxygen atoms in total. The Morgan fingerprint density at radius 1 is 1.25 bits per heavy atom. The minimum absolute atomic E-state index is 0.00298. The average Bonchev–Trinajstić information content (AvgIpc) is 3.20. The van der Waals surface area contributed by atoms with Gasteiger partial charge in [-0.05, 0) is 50.7 Å². The molecule has 1 unspecified atom stereocenters. The Morgan fingerprint density at radius 2 is 2.03 bits per heavy atom. The van der Waals surface area contributed by atoms with E-state index in [1.807, 2.05) is 4.90 Å². The fraction of sp³-hybridized carbons (Fsp3) is 0.542. The number of likely N-dealkylation sites (tertiary alicyclic amines) is 1. The minimum atomic E-state index is -0.277.